The summed E-state index contributed by atoms with van der Waals surface area (Å²) in [7, 11) is 0. The van der Waals surface area contributed by atoms with Gasteiger partial charge in [0.2, 0.25) is 5.88 Å². The van der Waals surface area contributed by atoms with Crippen molar-refractivity contribution in [2.75, 3.05) is 6.26 Å². The van der Waals surface area contributed by atoms with E-state index in [4.69, 9.17) is 4.74 Å². The number of halogens is 1. The van der Waals surface area contributed by atoms with Crippen LogP contribution >= 0.6 is 34.4 Å². The highest BCUT2D eigenvalue weighted by molar-refractivity contribution is 14.1. The summed E-state index contributed by atoms with van der Waals surface area (Å²) in [5.41, 5.74) is -0.197. The molecule has 88 valence electrons. The first-order chi connectivity index (χ1) is 8.22. The molecule has 0 aliphatic heterocycles. The average molecular weight is 360 g/mol. The van der Waals surface area contributed by atoms with E-state index >= 15 is 0 Å². The first-order valence-corrected chi connectivity index (χ1v) is 7.07. The van der Waals surface area contributed by atoms with E-state index in [0.717, 1.165) is 4.90 Å². The number of hydrogen-bond donors (Lipinski definition) is 1. The normalized spacial score (nSPS) is 10.2. The lowest BCUT2D eigenvalue weighted by Crippen LogP contribution is -2.11. The Kier molecular flexibility index (Phi) is 4.06. The Hall–Kier alpha value is -1.02. The smallest absolute Gasteiger partial charge is 0.268 e. The summed E-state index contributed by atoms with van der Waals surface area (Å²) in [6, 6.07) is 7.63. The third-order valence-corrected chi connectivity index (χ3v) is 3.77. The van der Waals surface area contributed by atoms with E-state index in [1.54, 1.807) is 11.8 Å². The molecule has 2 rings (SSSR count). The fourth-order valence-corrected chi connectivity index (χ4v) is 2.18. The van der Waals surface area contributed by atoms with Gasteiger partial charge in [-0.1, -0.05) is 12.1 Å². The molecule has 0 fully saturated rings. The summed E-state index contributed by atoms with van der Waals surface area (Å²) < 4.78 is 6.10. The van der Waals surface area contributed by atoms with E-state index in [0.29, 0.717) is 15.2 Å². The van der Waals surface area contributed by atoms with Crippen LogP contribution in [0.2, 0.25) is 0 Å². The molecule has 0 aliphatic carbocycles. The Bertz CT molecular complexity index is 586. The second-order valence-electron chi connectivity index (χ2n) is 3.10. The number of aromatic amines is 1. The molecule has 1 heterocycles. The molecule has 2 aromatic rings. The van der Waals surface area contributed by atoms with Gasteiger partial charge in [-0.25, -0.2) is 4.98 Å². The van der Waals surface area contributed by atoms with E-state index < -0.39 is 0 Å². The quantitative estimate of drug-likeness (QED) is 0.676. The Morgan fingerprint density at radius 3 is 2.94 bits per heavy atom. The highest BCUT2D eigenvalue weighted by atomic mass is 127. The minimum atomic E-state index is -0.197. The molecule has 1 aromatic heterocycles. The van der Waals surface area contributed by atoms with Crippen LogP contribution in [0.1, 0.15) is 0 Å². The number of para-hydroxylation sites is 1. The molecular weight excluding hydrogens is 351 g/mol. The largest absolute Gasteiger partial charge is 0.436 e. The lowest BCUT2D eigenvalue weighted by Gasteiger charge is -2.08. The van der Waals surface area contributed by atoms with Crippen molar-refractivity contribution in [3.05, 3.63) is 44.5 Å². The molecule has 0 saturated carbocycles. The lowest BCUT2D eigenvalue weighted by molar-refractivity contribution is 0.446. The summed E-state index contributed by atoms with van der Waals surface area (Å²) in [4.78, 5) is 18.9. The molecule has 17 heavy (non-hydrogen) atoms. The summed E-state index contributed by atoms with van der Waals surface area (Å²) in [6.45, 7) is 0. The fourth-order valence-electron chi connectivity index (χ4n) is 1.25. The van der Waals surface area contributed by atoms with Crippen molar-refractivity contribution in [3.8, 4) is 11.6 Å². The van der Waals surface area contributed by atoms with Crippen LogP contribution in [-0.4, -0.2) is 16.2 Å². The van der Waals surface area contributed by atoms with Crippen molar-refractivity contribution < 1.29 is 4.74 Å². The van der Waals surface area contributed by atoms with Crippen LogP contribution in [0.15, 0.2) is 40.3 Å². The van der Waals surface area contributed by atoms with Gasteiger partial charge in [0.1, 0.15) is 9.32 Å². The standard InChI is InChI=1S/C11H9IN2O2S/c1-17-8-5-3-2-4-7(8)16-11-9(12)10(15)13-6-14-11/h2-6H,1H3,(H,13,14,15). The van der Waals surface area contributed by atoms with Crippen LogP contribution in [0.25, 0.3) is 0 Å². The van der Waals surface area contributed by atoms with E-state index in [2.05, 4.69) is 9.97 Å². The number of aromatic nitrogens is 2. The van der Waals surface area contributed by atoms with Gasteiger partial charge in [0.05, 0.1) is 6.33 Å². The van der Waals surface area contributed by atoms with Gasteiger partial charge in [-0.05, 0) is 41.0 Å². The first kappa shape index (κ1) is 12.4. The molecule has 0 amide bonds. The zero-order chi connectivity index (χ0) is 12.3. The van der Waals surface area contributed by atoms with Crippen molar-refractivity contribution in [1.29, 1.82) is 0 Å². The molecule has 0 aliphatic rings. The summed E-state index contributed by atoms with van der Waals surface area (Å²) in [6.07, 6.45) is 3.31. The van der Waals surface area contributed by atoms with Gasteiger partial charge in [0.15, 0.2) is 0 Å². The fraction of sp³-hybridized carbons (Fsp3) is 0.0909. The maximum atomic E-state index is 11.4. The number of nitrogens with zero attached hydrogens (tertiary/aromatic N) is 1. The van der Waals surface area contributed by atoms with Gasteiger partial charge in [-0.2, -0.15) is 0 Å². The van der Waals surface area contributed by atoms with E-state index in [1.165, 1.54) is 6.33 Å². The molecule has 0 saturated heterocycles. The third kappa shape index (κ3) is 2.81. The molecule has 0 atom stereocenters. The summed E-state index contributed by atoms with van der Waals surface area (Å²) in [5, 5.41) is 0. The zero-order valence-corrected chi connectivity index (χ0v) is 11.9. The van der Waals surface area contributed by atoms with Crippen LogP contribution < -0.4 is 10.3 Å². The third-order valence-electron chi connectivity index (χ3n) is 2.04. The maximum absolute atomic E-state index is 11.4. The van der Waals surface area contributed by atoms with Gasteiger partial charge in [0, 0.05) is 4.90 Å². The van der Waals surface area contributed by atoms with Crippen molar-refractivity contribution >= 4 is 34.4 Å². The van der Waals surface area contributed by atoms with Crippen molar-refractivity contribution in [2.45, 2.75) is 4.90 Å². The van der Waals surface area contributed by atoms with Crippen molar-refractivity contribution in [1.82, 2.24) is 9.97 Å². The number of rotatable bonds is 3. The number of ether oxygens (including phenoxy) is 1. The molecule has 0 spiro atoms. The Morgan fingerprint density at radius 2 is 2.18 bits per heavy atom. The molecule has 1 N–H and O–H groups in total. The minimum absolute atomic E-state index is 0.197. The van der Waals surface area contributed by atoms with Gasteiger partial charge in [0.25, 0.3) is 5.56 Å². The summed E-state index contributed by atoms with van der Waals surface area (Å²) in [5.74, 6) is 1.03. The van der Waals surface area contributed by atoms with E-state index in [-0.39, 0.29) is 5.56 Å². The van der Waals surface area contributed by atoms with Crippen molar-refractivity contribution in [3.63, 3.8) is 0 Å². The number of thioether (sulfide) groups is 1. The lowest BCUT2D eigenvalue weighted by atomic mass is 10.3. The molecule has 1 aromatic carbocycles. The Balaban J connectivity index is 2.38. The van der Waals surface area contributed by atoms with Crippen LogP contribution in [-0.2, 0) is 0 Å². The number of nitrogens with one attached hydrogen (secondary N) is 1. The van der Waals surface area contributed by atoms with E-state index in [9.17, 15) is 4.79 Å². The predicted octanol–water partition coefficient (Wildman–Crippen LogP) is 2.89. The first-order valence-electron chi connectivity index (χ1n) is 4.76. The minimum Gasteiger partial charge on any atom is -0.436 e. The maximum Gasteiger partial charge on any atom is 0.268 e. The second-order valence-corrected chi connectivity index (χ2v) is 5.03. The molecule has 6 heteroatoms. The zero-order valence-electron chi connectivity index (χ0n) is 8.94. The molecule has 0 bridgehead atoms. The van der Waals surface area contributed by atoms with Gasteiger partial charge in [-0.3, -0.25) is 4.79 Å². The Labute approximate surface area is 116 Å². The molecule has 0 unspecified atom stereocenters. The molecule has 0 radical (unpaired) electrons. The Morgan fingerprint density at radius 1 is 1.41 bits per heavy atom. The van der Waals surface area contributed by atoms with Crippen LogP contribution in [0.3, 0.4) is 0 Å². The molecular formula is C11H9IN2O2S. The average Bonchev–Trinajstić information content (AvgIpc) is 2.35. The van der Waals surface area contributed by atoms with Crippen molar-refractivity contribution in [2.24, 2.45) is 0 Å². The van der Waals surface area contributed by atoms with Crippen LogP contribution in [0.4, 0.5) is 0 Å². The number of hydrogen-bond acceptors (Lipinski definition) is 4. The monoisotopic (exact) mass is 360 g/mol. The summed E-state index contributed by atoms with van der Waals surface area (Å²) >= 11 is 3.50. The van der Waals surface area contributed by atoms with Gasteiger partial charge >= 0.3 is 0 Å². The topological polar surface area (TPSA) is 55.0 Å². The number of H-pyrrole nitrogens is 1. The number of benzene rings is 1. The van der Waals surface area contributed by atoms with E-state index in [1.807, 2.05) is 53.1 Å². The molecule has 4 nitrogen and oxygen atoms in total. The van der Waals surface area contributed by atoms with Crippen LogP contribution in [0, 0.1) is 3.57 Å². The SMILES string of the molecule is CSc1ccccc1Oc1nc[nH]c(=O)c1I. The highest BCUT2D eigenvalue weighted by Gasteiger charge is 2.09. The van der Waals surface area contributed by atoms with Gasteiger partial charge in [-0.15, -0.1) is 11.8 Å². The second kappa shape index (κ2) is 5.54. The van der Waals surface area contributed by atoms with Gasteiger partial charge < -0.3 is 9.72 Å². The highest BCUT2D eigenvalue weighted by Crippen LogP contribution is 2.31. The predicted molar refractivity (Wildman–Crippen MR) is 75.9 cm³/mol. The van der Waals surface area contributed by atoms with Crippen LogP contribution in [0.5, 0.6) is 11.6 Å².